The van der Waals surface area contributed by atoms with Gasteiger partial charge in [-0.2, -0.15) is 5.26 Å². The smallest absolute Gasteiger partial charge is 0.270 e. The fourth-order valence-electron chi connectivity index (χ4n) is 2.73. The van der Waals surface area contributed by atoms with Crippen LogP contribution in [-0.4, -0.2) is 29.1 Å². The molecule has 0 saturated carbocycles. The minimum Gasteiger partial charge on any atom is -0.493 e. The van der Waals surface area contributed by atoms with Crippen molar-refractivity contribution < 1.29 is 14.4 Å². The highest BCUT2D eigenvalue weighted by Gasteiger charge is 2.16. The van der Waals surface area contributed by atoms with Crippen LogP contribution < -0.4 is 15.0 Å². The minimum absolute atomic E-state index is 0.0135. The molecule has 30 heavy (non-hydrogen) atoms. The van der Waals surface area contributed by atoms with Crippen molar-refractivity contribution >= 4 is 17.4 Å². The molecule has 0 atom stereocenters. The van der Waals surface area contributed by atoms with Crippen LogP contribution in [0, 0.1) is 21.4 Å². The number of benzene rings is 2. The lowest BCUT2D eigenvalue weighted by Crippen LogP contribution is -2.14. The van der Waals surface area contributed by atoms with Crippen LogP contribution in [0.15, 0.2) is 52.4 Å². The van der Waals surface area contributed by atoms with Gasteiger partial charge in [0.05, 0.1) is 24.8 Å². The molecule has 0 unspecified atom stereocenters. The lowest BCUT2D eigenvalue weighted by molar-refractivity contribution is -0.384. The van der Waals surface area contributed by atoms with Crippen LogP contribution in [0.2, 0.25) is 0 Å². The van der Waals surface area contributed by atoms with E-state index in [9.17, 15) is 20.2 Å². The van der Waals surface area contributed by atoms with E-state index in [4.69, 9.17) is 9.47 Å². The summed E-state index contributed by atoms with van der Waals surface area (Å²) in [6.07, 6.45) is 0. The summed E-state index contributed by atoms with van der Waals surface area (Å²) in [6, 6.07) is 13.1. The second kappa shape index (κ2) is 9.11. The zero-order chi connectivity index (χ0) is 21.7. The Labute approximate surface area is 175 Å². The quantitative estimate of drug-likeness (QED) is 0.264. The van der Waals surface area contributed by atoms with Gasteiger partial charge in [0.25, 0.3) is 11.2 Å². The minimum atomic E-state index is -0.571. The van der Waals surface area contributed by atoms with Crippen LogP contribution in [-0.2, 0) is 5.75 Å². The fraction of sp³-hybridized carbons (Fsp3) is 0.150. The van der Waals surface area contributed by atoms with Crippen molar-refractivity contribution in [3.05, 3.63) is 74.1 Å². The number of non-ortho nitro benzene ring substituents is 1. The summed E-state index contributed by atoms with van der Waals surface area (Å²) < 4.78 is 10.5. The summed E-state index contributed by atoms with van der Waals surface area (Å²) in [5.74, 6) is 1.29. The molecule has 0 amide bonds. The second-order valence-corrected chi connectivity index (χ2v) is 6.96. The van der Waals surface area contributed by atoms with Crippen molar-refractivity contribution in [1.82, 2.24) is 9.97 Å². The van der Waals surface area contributed by atoms with Gasteiger partial charge < -0.3 is 14.5 Å². The molecule has 0 aliphatic heterocycles. The van der Waals surface area contributed by atoms with E-state index >= 15 is 0 Å². The van der Waals surface area contributed by atoms with E-state index in [0.717, 1.165) is 0 Å². The Hall–Kier alpha value is -3.84. The Morgan fingerprint density at radius 1 is 1.20 bits per heavy atom. The first kappa shape index (κ1) is 20.9. The maximum absolute atomic E-state index is 12.4. The Bertz CT molecular complexity index is 1200. The topological polar surface area (TPSA) is 131 Å². The Balaban J connectivity index is 1.96. The van der Waals surface area contributed by atoms with Crippen LogP contribution in [0.1, 0.15) is 11.1 Å². The van der Waals surface area contributed by atoms with E-state index in [0.29, 0.717) is 28.4 Å². The van der Waals surface area contributed by atoms with Gasteiger partial charge >= 0.3 is 0 Å². The molecule has 0 bridgehead atoms. The first-order valence-corrected chi connectivity index (χ1v) is 9.58. The predicted molar refractivity (Wildman–Crippen MR) is 111 cm³/mol. The highest BCUT2D eigenvalue weighted by molar-refractivity contribution is 7.98. The van der Waals surface area contributed by atoms with E-state index in [-0.39, 0.29) is 22.1 Å². The van der Waals surface area contributed by atoms with Gasteiger partial charge in [-0.3, -0.25) is 14.9 Å². The first-order valence-electron chi connectivity index (χ1n) is 8.59. The third-order valence-corrected chi connectivity index (χ3v) is 5.11. The van der Waals surface area contributed by atoms with Crippen molar-refractivity contribution in [2.75, 3.05) is 14.2 Å². The fourth-order valence-corrected chi connectivity index (χ4v) is 3.53. The molecule has 0 radical (unpaired) electrons. The first-order chi connectivity index (χ1) is 14.5. The number of ether oxygens (including phenoxy) is 2. The van der Waals surface area contributed by atoms with Gasteiger partial charge in [0, 0.05) is 23.4 Å². The summed E-state index contributed by atoms with van der Waals surface area (Å²) in [5.41, 5.74) is 0.728. The molecule has 1 heterocycles. The molecule has 3 aromatic rings. The molecular formula is C20H16N4O5S. The molecule has 0 fully saturated rings. The number of aromatic amines is 1. The van der Waals surface area contributed by atoms with Gasteiger partial charge in [-0.15, -0.1) is 0 Å². The Morgan fingerprint density at radius 3 is 2.63 bits per heavy atom. The van der Waals surface area contributed by atoms with Crippen LogP contribution in [0.4, 0.5) is 5.69 Å². The normalized spacial score (nSPS) is 10.3. The largest absolute Gasteiger partial charge is 0.493 e. The monoisotopic (exact) mass is 424 g/mol. The standard InChI is InChI=1S/C20H16N4O5S/c1-28-16-7-6-13(9-17(16)29-2)18-15(10-21)19(25)23-20(22-18)30-11-12-4-3-5-14(8-12)24(26)27/h3-9H,11H2,1-2H3,(H,22,23,25). The number of nitrogens with zero attached hydrogens (tertiary/aromatic N) is 3. The number of nitro groups is 1. The van der Waals surface area contributed by atoms with Crippen molar-refractivity contribution in [1.29, 1.82) is 5.26 Å². The predicted octanol–water partition coefficient (Wildman–Crippen LogP) is 3.53. The zero-order valence-electron chi connectivity index (χ0n) is 16.0. The average Bonchev–Trinajstić information content (AvgIpc) is 2.76. The summed E-state index contributed by atoms with van der Waals surface area (Å²) >= 11 is 1.20. The molecule has 152 valence electrons. The third kappa shape index (κ3) is 4.42. The number of aromatic nitrogens is 2. The number of H-pyrrole nitrogens is 1. The number of rotatable bonds is 7. The van der Waals surface area contributed by atoms with Gasteiger partial charge in [0.1, 0.15) is 11.6 Å². The maximum atomic E-state index is 12.4. The zero-order valence-corrected chi connectivity index (χ0v) is 16.9. The second-order valence-electron chi connectivity index (χ2n) is 5.99. The Kier molecular flexibility index (Phi) is 6.34. The molecule has 1 aromatic heterocycles. The Morgan fingerprint density at radius 2 is 1.97 bits per heavy atom. The van der Waals surface area contributed by atoms with Gasteiger partial charge in [0.15, 0.2) is 16.7 Å². The number of thioether (sulfide) groups is 1. The number of nitrogens with one attached hydrogen (secondary N) is 1. The van der Waals surface area contributed by atoms with Crippen molar-refractivity contribution in [2.24, 2.45) is 0 Å². The average molecular weight is 424 g/mol. The molecule has 0 aliphatic rings. The van der Waals surface area contributed by atoms with Crippen LogP contribution >= 0.6 is 11.8 Å². The third-order valence-electron chi connectivity index (χ3n) is 4.16. The SMILES string of the molecule is COc1ccc(-c2nc(SCc3cccc([N+](=O)[O-])c3)[nH]c(=O)c2C#N)cc1OC. The molecule has 1 N–H and O–H groups in total. The molecule has 0 saturated heterocycles. The summed E-state index contributed by atoms with van der Waals surface area (Å²) in [6.45, 7) is 0. The number of methoxy groups -OCH3 is 2. The molecule has 0 spiro atoms. The number of nitriles is 1. The van der Waals surface area contributed by atoms with Gasteiger partial charge in [-0.25, -0.2) is 4.98 Å². The molecule has 2 aromatic carbocycles. The van der Waals surface area contributed by atoms with E-state index in [1.54, 1.807) is 30.3 Å². The van der Waals surface area contributed by atoms with Crippen LogP contribution in [0.5, 0.6) is 11.5 Å². The van der Waals surface area contributed by atoms with Gasteiger partial charge in [0.2, 0.25) is 0 Å². The van der Waals surface area contributed by atoms with E-state index in [1.807, 2.05) is 6.07 Å². The summed E-state index contributed by atoms with van der Waals surface area (Å²) in [7, 11) is 2.99. The molecule has 9 nitrogen and oxygen atoms in total. The molecule has 3 rings (SSSR count). The van der Waals surface area contributed by atoms with Gasteiger partial charge in [-0.1, -0.05) is 23.9 Å². The number of nitro benzene ring substituents is 1. The van der Waals surface area contributed by atoms with Crippen molar-refractivity contribution in [2.45, 2.75) is 10.9 Å². The summed E-state index contributed by atoms with van der Waals surface area (Å²) in [4.78, 5) is 29.9. The molecule has 0 aliphatic carbocycles. The van der Waals surface area contributed by atoms with E-state index < -0.39 is 10.5 Å². The molecular weight excluding hydrogens is 408 g/mol. The lowest BCUT2D eigenvalue weighted by atomic mass is 10.1. The van der Waals surface area contributed by atoms with E-state index in [1.165, 1.54) is 38.1 Å². The van der Waals surface area contributed by atoms with Crippen molar-refractivity contribution in [3.63, 3.8) is 0 Å². The van der Waals surface area contributed by atoms with Crippen LogP contribution in [0.3, 0.4) is 0 Å². The van der Waals surface area contributed by atoms with E-state index in [2.05, 4.69) is 9.97 Å². The van der Waals surface area contributed by atoms with Gasteiger partial charge in [-0.05, 0) is 23.8 Å². The highest BCUT2D eigenvalue weighted by Crippen LogP contribution is 2.33. The summed E-state index contributed by atoms with van der Waals surface area (Å²) in [5, 5.41) is 20.7. The number of hydrogen-bond donors (Lipinski definition) is 1. The molecule has 10 heteroatoms. The lowest BCUT2D eigenvalue weighted by Gasteiger charge is -2.11. The highest BCUT2D eigenvalue weighted by atomic mass is 32.2. The maximum Gasteiger partial charge on any atom is 0.270 e. The van der Waals surface area contributed by atoms with Crippen molar-refractivity contribution in [3.8, 4) is 28.8 Å². The number of hydrogen-bond acceptors (Lipinski definition) is 8. The van der Waals surface area contributed by atoms with Crippen LogP contribution in [0.25, 0.3) is 11.3 Å².